The highest BCUT2D eigenvalue weighted by Crippen LogP contribution is 2.30. The lowest BCUT2D eigenvalue weighted by atomic mass is 9.93. The van der Waals surface area contributed by atoms with E-state index >= 15 is 0 Å². The second-order valence-corrected chi connectivity index (χ2v) is 13.2. The van der Waals surface area contributed by atoms with E-state index in [4.69, 9.17) is 45.8 Å². The fraction of sp³-hybridized carbons (Fsp3) is 0.371. The van der Waals surface area contributed by atoms with E-state index in [-0.39, 0.29) is 5.91 Å². The van der Waals surface area contributed by atoms with Crippen molar-refractivity contribution in [3.8, 4) is 0 Å². The van der Waals surface area contributed by atoms with Gasteiger partial charge >= 0.3 is 36.4 Å². The number of carbonyl (C=O) groups is 4. The number of nitrogens with one attached hydrogen (secondary N) is 3. The van der Waals surface area contributed by atoms with Crippen molar-refractivity contribution in [1.29, 1.82) is 0 Å². The second kappa shape index (κ2) is 21.2. The molecule has 6 bridgehead atoms. The maximum absolute atomic E-state index is 12.7. The van der Waals surface area contributed by atoms with Crippen molar-refractivity contribution in [2.45, 2.75) is 57.6 Å². The van der Waals surface area contributed by atoms with Crippen LogP contribution in [0.5, 0.6) is 0 Å². The first kappa shape index (κ1) is 49.0. The van der Waals surface area contributed by atoms with Crippen molar-refractivity contribution in [2.24, 2.45) is 5.92 Å². The molecule has 0 radical (unpaired) electrons. The van der Waals surface area contributed by atoms with Crippen molar-refractivity contribution in [3.05, 3.63) is 76.5 Å². The third kappa shape index (κ3) is 16.3. The van der Waals surface area contributed by atoms with Crippen molar-refractivity contribution in [2.75, 3.05) is 35.6 Å². The third-order valence-electron chi connectivity index (χ3n) is 8.19. The normalized spacial score (nSPS) is 13.9. The summed E-state index contributed by atoms with van der Waals surface area (Å²) in [6.07, 6.45) is -5.30. The highest BCUT2D eigenvalue weighted by molar-refractivity contribution is 6.32. The summed E-state index contributed by atoms with van der Waals surface area (Å²) in [4.78, 5) is 54.5. The molecular formula is C35H34ClF9N8O8. The van der Waals surface area contributed by atoms with Crippen LogP contribution in [-0.4, -0.2) is 102 Å². The zero-order chi connectivity index (χ0) is 45.7. The summed E-state index contributed by atoms with van der Waals surface area (Å²) >= 11 is 6.40. The number of hydrogen-bond donors (Lipinski definition) is 6. The van der Waals surface area contributed by atoms with E-state index < -0.39 is 36.4 Å². The number of likely N-dealkylation sites (tertiary alicyclic amines) is 1. The molecule has 6 rings (SSSR count). The monoisotopic (exact) mass is 900 g/mol. The van der Waals surface area contributed by atoms with Crippen LogP contribution in [0.25, 0.3) is 0 Å². The summed E-state index contributed by atoms with van der Waals surface area (Å²) in [5.41, 5.74) is 5.59. The predicted octanol–water partition coefficient (Wildman–Crippen LogP) is 7.66. The first-order valence-corrected chi connectivity index (χ1v) is 17.7. The Morgan fingerprint density at radius 1 is 0.836 bits per heavy atom. The Hall–Kier alpha value is -6.40. The Balaban J connectivity index is 0.000000390. The highest BCUT2D eigenvalue weighted by atomic mass is 35.5. The van der Waals surface area contributed by atoms with E-state index in [1.807, 2.05) is 17.2 Å². The van der Waals surface area contributed by atoms with Crippen LogP contribution in [0.2, 0.25) is 5.02 Å². The molecule has 26 heteroatoms. The fourth-order valence-corrected chi connectivity index (χ4v) is 5.41. The molecule has 2 aliphatic heterocycles. The number of piperidine rings is 1. The van der Waals surface area contributed by atoms with E-state index in [2.05, 4.69) is 54.3 Å². The van der Waals surface area contributed by atoms with Gasteiger partial charge < -0.3 is 40.7 Å². The average Bonchev–Trinajstić information content (AvgIpc) is 3.61. The first-order chi connectivity index (χ1) is 28.3. The number of carbonyl (C=O) groups excluding carboxylic acids is 1. The van der Waals surface area contributed by atoms with Crippen molar-refractivity contribution >= 4 is 64.2 Å². The third-order valence-corrected chi connectivity index (χ3v) is 8.47. The number of fused-ring (bicyclic) bond motifs is 6. The van der Waals surface area contributed by atoms with Gasteiger partial charge in [0.05, 0.1) is 18.1 Å². The Morgan fingerprint density at radius 2 is 1.43 bits per heavy atom. The molecular weight excluding hydrogens is 867 g/mol. The van der Waals surface area contributed by atoms with Gasteiger partial charge in [-0.05, 0) is 80.3 Å². The summed E-state index contributed by atoms with van der Waals surface area (Å²) in [7, 11) is 0. The van der Waals surface area contributed by atoms with Crippen LogP contribution in [-0.2, 0) is 27.2 Å². The van der Waals surface area contributed by atoms with Gasteiger partial charge in [-0.15, -0.1) is 0 Å². The van der Waals surface area contributed by atoms with Gasteiger partial charge in [0.25, 0.3) is 5.91 Å². The SMILES string of the molecule is Cc1cc(C(=O)N2CCC(CCNc3ccc4cc3CCc3cncc(c3)Nc3ncc(Cl)c(n3)N4)CC2)no1.O=C(O)C(F)(F)F.O=C(O)C(F)(F)F.O=C(O)C(F)(F)F. The van der Waals surface area contributed by atoms with Crippen molar-refractivity contribution in [3.63, 3.8) is 0 Å². The van der Waals surface area contributed by atoms with E-state index in [9.17, 15) is 44.3 Å². The molecule has 0 unspecified atom stereocenters. The first-order valence-electron chi connectivity index (χ1n) is 17.3. The molecule has 1 fully saturated rings. The number of carboxylic acid groups (broad SMARTS) is 3. The number of halogens is 10. The summed E-state index contributed by atoms with van der Waals surface area (Å²) in [6.45, 7) is 4.15. The maximum Gasteiger partial charge on any atom is 0.490 e. The van der Waals surface area contributed by atoms with Crippen molar-refractivity contribution in [1.82, 2.24) is 25.0 Å². The van der Waals surface area contributed by atoms with Crippen LogP contribution < -0.4 is 16.0 Å². The van der Waals surface area contributed by atoms with Gasteiger partial charge in [0.15, 0.2) is 11.5 Å². The molecule has 0 spiro atoms. The Bertz CT molecular complexity index is 2090. The van der Waals surface area contributed by atoms with Crippen LogP contribution in [0.3, 0.4) is 0 Å². The number of aryl methyl sites for hydroxylation is 3. The van der Waals surface area contributed by atoms with Gasteiger partial charge in [0.2, 0.25) is 5.95 Å². The zero-order valence-electron chi connectivity index (χ0n) is 31.3. The molecule has 0 saturated carbocycles. The second-order valence-electron chi connectivity index (χ2n) is 12.8. The molecule has 0 atom stereocenters. The van der Waals surface area contributed by atoms with E-state index in [0.29, 0.717) is 34.2 Å². The highest BCUT2D eigenvalue weighted by Gasteiger charge is 2.39. The Labute approximate surface area is 343 Å². The Morgan fingerprint density at radius 3 is 1.97 bits per heavy atom. The number of nitrogens with zero attached hydrogens (tertiary/aromatic N) is 5. The number of benzene rings is 1. The van der Waals surface area contributed by atoms with Gasteiger partial charge in [0.1, 0.15) is 10.8 Å². The number of aromatic nitrogens is 4. The van der Waals surface area contributed by atoms with Crippen molar-refractivity contribution < 1.29 is 78.5 Å². The number of alkyl halides is 9. The van der Waals surface area contributed by atoms with Crippen LogP contribution in [0.1, 0.15) is 46.6 Å². The van der Waals surface area contributed by atoms with E-state index in [1.54, 1.807) is 25.4 Å². The molecule has 1 aromatic carbocycles. The molecule has 2 aliphatic rings. The number of carboxylic acids is 3. The summed E-state index contributed by atoms with van der Waals surface area (Å²) < 4.78 is 100. The lowest BCUT2D eigenvalue weighted by Gasteiger charge is -2.31. The average molecular weight is 901 g/mol. The minimum Gasteiger partial charge on any atom is -0.475 e. The van der Waals surface area contributed by atoms with Gasteiger partial charge in [-0.3, -0.25) is 9.78 Å². The molecule has 16 nitrogen and oxygen atoms in total. The molecule has 332 valence electrons. The van der Waals surface area contributed by atoms with Crippen LogP contribution in [0, 0.1) is 12.8 Å². The lowest BCUT2D eigenvalue weighted by Crippen LogP contribution is -2.39. The maximum atomic E-state index is 12.7. The molecule has 4 aromatic rings. The zero-order valence-corrected chi connectivity index (χ0v) is 32.0. The number of anilines is 5. The largest absolute Gasteiger partial charge is 0.490 e. The fourth-order valence-electron chi connectivity index (χ4n) is 5.27. The molecule has 0 aliphatic carbocycles. The molecule has 61 heavy (non-hydrogen) atoms. The molecule has 3 aromatic heterocycles. The minimum absolute atomic E-state index is 0.0434. The standard InChI is InChI=1S/C29H31ClN8O2.3C2HF3O2/c1-18-12-26(37-40-18)28(39)38-10-7-19(8-11-38)6-9-32-25-5-4-22-14-21(25)3-2-20-13-23(16-31-15-20)35-29-33-17-24(30)27(34-22)36-29;3*3-2(4,5)1(6)7/h4-5,12-17,19,32H,2-3,6-11H2,1H3,(H2,33,34,35,36);3*(H,6,7). The van der Waals surface area contributed by atoms with Gasteiger partial charge in [-0.25, -0.2) is 19.4 Å². The summed E-state index contributed by atoms with van der Waals surface area (Å²) in [6, 6.07) is 10.1. The number of hydrogen-bond acceptors (Lipinski definition) is 12. The lowest BCUT2D eigenvalue weighted by molar-refractivity contribution is -0.193. The summed E-state index contributed by atoms with van der Waals surface area (Å²) in [5, 5.41) is 35.9. The molecule has 5 heterocycles. The van der Waals surface area contributed by atoms with E-state index in [1.165, 1.54) is 5.56 Å². The molecule has 1 amide bonds. The number of rotatable bonds is 5. The number of aliphatic carboxylic acids is 3. The molecule has 6 N–H and O–H groups in total. The van der Waals surface area contributed by atoms with Gasteiger partial charge in [-0.2, -0.15) is 44.5 Å². The van der Waals surface area contributed by atoms with Crippen LogP contribution in [0.15, 0.2) is 53.4 Å². The van der Waals surface area contributed by atoms with Gasteiger partial charge in [0, 0.05) is 43.3 Å². The Kier molecular flexibility index (Phi) is 17.0. The topological polar surface area (TPSA) is 233 Å². The quantitative estimate of drug-likeness (QED) is 0.106. The predicted molar refractivity (Wildman–Crippen MR) is 196 cm³/mol. The number of pyridine rings is 1. The smallest absolute Gasteiger partial charge is 0.475 e. The number of amides is 1. The van der Waals surface area contributed by atoms with Crippen LogP contribution >= 0.6 is 11.6 Å². The molecule has 1 saturated heterocycles. The summed E-state index contributed by atoms with van der Waals surface area (Å²) in [5.74, 6) is -6.10. The van der Waals surface area contributed by atoms with Gasteiger partial charge in [-0.1, -0.05) is 16.8 Å². The minimum atomic E-state index is -5.08. The van der Waals surface area contributed by atoms with Crippen LogP contribution in [0.4, 0.5) is 68.3 Å². The van der Waals surface area contributed by atoms with E-state index in [0.717, 1.165) is 74.4 Å².